The Morgan fingerprint density at radius 3 is 2.37 bits per heavy atom. The Kier molecular flexibility index (Phi) is 4.80. The molecular weight excluding hydrogens is 400 g/mol. The van der Waals surface area contributed by atoms with Gasteiger partial charge in [-0.3, -0.25) is 14.5 Å². The molecule has 0 bridgehead atoms. The van der Waals surface area contributed by atoms with Crippen LogP contribution in [0, 0.1) is 0 Å². The molecule has 0 aliphatic carbocycles. The minimum atomic E-state index is -0.195. The Balaban J connectivity index is 1.79. The summed E-state index contributed by atoms with van der Waals surface area (Å²) in [5.74, 6) is -0.373. The molecule has 0 aromatic heterocycles. The second-order valence-corrected chi connectivity index (χ2v) is 8.24. The lowest BCUT2D eigenvalue weighted by molar-refractivity contribution is -0.122. The van der Waals surface area contributed by atoms with Gasteiger partial charge in [0, 0.05) is 17.1 Å². The lowest BCUT2D eigenvalue weighted by Gasteiger charge is -2.17. The molecule has 0 radical (unpaired) electrons. The molecule has 2 amide bonds. The zero-order valence-corrected chi connectivity index (χ0v) is 16.8. The number of thioether (sulfide) groups is 1. The lowest BCUT2D eigenvalue weighted by atomic mass is 10.1. The zero-order chi connectivity index (χ0) is 19.1. The molecule has 2 heterocycles. The smallest absolute Gasteiger partial charge is 0.266 e. The van der Waals surface area contributed by atoms with Crippen molar-refractivity contribution in [2.75, 3.05) is 11.4 Å². The van der Waals surface area contributed by atoms with Crippen LogP contribution in [0.25, 0.3) is 5.57 Å². The monoisotopic (exact) mass is 414 g/mol. The number of carbonyl (C=O) groups is 2. The third-order valence-corrected chi connectivity index (χ3v) is 6.27. The quantitative estimate of drug-likeness (QED) is 0.548. The maximum atomic E-state index is 13.3. The van der Waals surface area contributed by atoms with E-state index in [-0.39, 0.29) is 11.8 Å². The lowest BCUT2D eigenvalue weighted by Crippen LogP contribution is -2.29. The minimum absolute atomic E-state index is 0.178. The number of hydrogen-bond donors (Lipinski definition) is 0. The summed E-state index contributed by atoms with van der Waals surface area (Å²) in [5.41, 5.74) is 2.97. The molecule has 0 unspecified atom stereocenters. The highest BCUT2D eigenvalue weighted by Crippen LogP contribution is 2.44. The molecule has 136 valence electrons. The number of fused-ring (bicyclic) bond motifs is 1. The van der Waals surface area contributed by atoms with Gasteiger partial charge in [0.25, 0.3) is 11.8 Å². The molecule has 1 saturated heterocycles. The van der Waals surface area contributed by atoms with Gasteiger partial charge in [-0.25, -0.2) is 0 Å². The first kappa shape index (κ1) is 18.2. The van der Waals surface area contributed by atoms with E-state index in [9.17, 15) is 9.59 Å². The number of carbonyl (C=O) groups excluding carboxylic acids is 2. The summed E-state index contributed by atoms with van der Waals surface area (Å²) >= 11 is 12.5. The summed E-state index contributed by atoms with van der Waals surface area (Å²) in [6, 6.07) is 14.9. The summed E-state index contributed by atoms with van der Waals surface area (Å²) < 4.78 is 0.492. The molecule has 2 aromatic rings. The fourth-order valence-corrected chi connectivity index (χ4v) is 4.83. The van der Waals surface area contributed by atoms with Gasteiger partial charge in [-0.15, -0.1) is 0 Å². The predicted molar refractivity (Wildman–Crippen MR) is 114 cm³/mol. The highest BCUT2D eigenvalue weighted by Gasteiger charge is 2.41. The number of nitrogens with zero attached hydrogens (tertiary/aromatic N) is 2. The molecule has 4 nitrogen and oxygen atoms in total. The van der Waals surface area contributed by atoms with E-state index >= 15 is 0 Å². The van der Waals surface area contributed by atoms with E-state index in [2.05, 4.69) is 0 Å². The standard InChI is InChI=1S/C20H15ClN2O2S2/c1-2-22-19(25)17(27-20(22)26)16-14-5-3-4-6-15(14)23(18(16)24)11-12-7-9-13(21)10-8-12/h3-10H,2,11H2,1H3/b17-16+. The van der Waals surface area contributed by atoms with Crippen LogP contribution in [-0.4, -0.2) is 27.6 Å². The Morgan fingerprint density at radius 1 is 1.00 bits per heavy atom. The molecular formula is C20H15ClN2O2S2. The number of para-hydroxylation sites is 1. The van der Waals surface area contributed by atoms with Crippen LogP contribution in [0.3, 0.4) is 0 Å². The van der Waals surface area contributed by atoms with Crippen molar-refractivity contribution in [1.29, 1.82) is 0 Å². The largest absolute Gasteiger partial charge is 0.303 e. The fourth-order valence-electron chi connectivity index (χ4n) is 3.25. The number of thiocarbonyl (C=S) groups is 1. The average molecular weight is 415 g/mol. The summed E-state index contributed by atoms with van der Waals surface area (Å²) in [6.07, 6.45) is 0. The van der Waals surface area contributed by atoms with E-state index < -0.39 is 0 Å². The number of rotatable bonds is 3. The molecule has 0 N–H and O–H groups in total. The normalized spacial score (nSPS) is 19.3. The van der Waals surface area contributed by atoms with Crippen LogP contribution in [-0.2, 0) is 16.1 Å². The van der Waals surface area contributed by atoms with E-state index in [1.165, 1.54) is 16.7 Å². The van der Waals surface area contributed by atoms with Crippen LogP contribution in [0.5, 0.6) is 0 Å². The summed E-state index contributed by atoms with van der Waals surface area (Å²) in [7, 11) is 0. The zero-order valence-electron chi connectivity index (χ0n) is 14.4. The van der Waals surface area contributed by atoms with Crippen LogP contribution in [0.15, 0.2) is 53.4 Å². The molecule has 2 aliphatic rings. The minimum Gasteiger partial charge on any atom is -0.303 e. The average Bonchev–Trinajstić information content (AvgIpc) is 3.10. The van der Waals surface area contributed by atoms with Gasteiger partial charge in [0.2, 0.25) is 0 Å². The van der Waals surface area contributed by atoms with Crippen LogP contribution in [0.1, 0.15) is 18.1 Å². The SMILES string of the molecule is CCN1C(=O)/C(=C2\C(=O)N(Cc3ccc(Cl)cc3)c3ccccc32)SC1=S. The third kappa shape index (κ3) is 3.08. The molecule has 0 atom stereocenters. The Morgan fingerprint density at radius 2 is 1.70 bits per heavy atom. The van der Waals surface area contributed by atoms with Gasteiger partial charge >= 0.3 is 0 Å². The van der Waals surface area contributed by atoms with Gasteiger partial charge in [0.1, 0.15) is 4.32 Å². The second kappa shape index (κ2) is 7.11. The van der Waals surface area contributed by atoms with E-state index in [1.54, 1.807) is 17.0 Å². The van der Waals surface area contributed by atoms with Crippen molar-refractivity contribution in [3.8, 4) is 0 Å². The van der Waals surface area contributed by atoms with Crippen LogP contribution in [0.2, 0.25) is 5.02 Å². The molecule has 27 heavy (non-hydrogen) atoms. The Bertz CT molecular complexity index is 1000. The van der Waals surface area contributed by atoms with Crippen molar-refractivity contribution < 1.29 is 9.59 Å². The van der Waals surface area contributed by atoms with Gasteiger partial charge in [-0.05, 0) is 30.7 Å². The number of likely N-dealkylation sites (N-methyl/N-ethyl adjacent to an activating group) is 1. The van der Waals surface area contributed by atoms with Crippen molar-refractivity contribution in [3.63, 3.8) is 0 Å². The first-order valence-electron chi connectivity index (χ1n) is 8.45. The topological polar surface area (TPSA) is 40.6 Å². The van der Waals surface area contributed by atoms with Crippen molar-refractivity contribution in [2.24, 2.45) is 0 Å². The van der Waals surface area contributed by atoms with Crippen molar-refractivity contribution in [3.05, 3.63) is 69.6 Å². The second-order valence-electron chi connectivity index (χ2n) is 6.16. The first-order chi connectivity index (χ1) is 13.0. The van der Waals surface area contributed by atoms with Crippen molar-refractivity contribution >= 4 is 63.0 Å². The van der Waals surface area contributed by atoms with Crippen molar-refractivity contribution in [2.45, 2.75) is 13.5 Å². The van der Waals surface area contributed by atoms with Gasteiger partial charge in [-0.1, -0.05) is 65.9 Å². The Labute approximate surface area is 171 Å². The van der Waals surface area contributed by atoms with Gasteiger partial charge < -0.3 is 4.90 Å². The van der Waals surface area contributed by atoms with Gasteiger partial charge in [0.05, 0.1) is 22.7 Å². The van der Waals surface area contributed by atoms with Gasteiger partial charge in [0.15, 0.2) is 0 Å². The van der Waals surface area contributed by atoms with E-state index in [1.807, 2.05) is 43.3 Å². The molecule has 0 spiro atoms. The number of anilines is 1. The molecule has 7 heteroatoms. The fraction of sp³-hybridized carbons (Fsp3) is 0.150. The van der Waals surface area contributed by atoms with E-state index in [4.69, 9.17) is 23.8 Å². The predicted octanol–water partition coefficient (Wildman–Crippen LogP) is 4.48. The van der Waals surface area contributed by atoms with E-state index in [0.717, 1.165) is 16.8 Å². The Hall–Kier alpha value is -2.15. The van der Waals surface area contributed by atoms with E-state index in [0.29, 0.717) is 32.9 Å². The maximum absolute atomic E-state index is 13.3. The van der Waals surface area contributed by atoms with Crippen LogP contribution in [0.4, 0.5) is 5.69 Å². The molecule has 2 aliphatic heterocycles. The number of amides is 2. The van der Waals surface area contributed by atoms with Crippen molar-refractivity contribution in [1.82, 2.24) is 4.90 Å². The molecule has 0 saturated carbocycles. The third-order valence-electron chi connectivity index (χ3n) is 4.57. The summed E-state index contributed by atoms with van der Waals surface area (Å²) in [4.78, 5) is 29.7. The number of benzene rings is 2. The summed E-state index contributed by atoms with van der Waals surface area (Å²) in [5, 5.41) is 0.649. The maximum Gasteiger partial charge on any atom is 0.266 e. The summed E-state index contributed by atoms with van der Waals surface area (Å²) in [6.45, 7) is 2.77. The highest BCUT2D eigenvalue weighted by molar-refractivity contribution is 8.26. The number of hydrogen-bond acceptors (Lipinski definition) is 4. The van der Waals surface area contributed by atoms with Gasteiger partial charge in [-0.2, -0.15) is 0 Å². The first-order valence-corrected chi connectivity index (χ1v) is 10.0. The molecule has 4 rings (SSSR count). The molecule has 2 aromatic carbocycles. The highest BCUT2D eigenvalue weighted by atomic mass is 35.5. The molecule has 1 fully saturated rings. The van der Waals surface area contributed by atoms with Crippen LogP contribution >= 0.6 is 35.6 Å². The van der Waals surface area contributed by atoms with Crippen LogP contribution < -0.4 is 4.90 Å². The number of halogens is 1.